The van der Waals surface area contributed by atoms with Crippen molar-refractivity contribution in [2.75, 3.05) is 13.2 Å². The van der Waals surface area contributed by atoms with Crippen molar-refractivity contribution in [3.05, 3.63) is 59.7 Å². The first-order valence-corrected chi connectivity index (χ1v) is 10.7. The predicted molar refractivity (Wildman–Crippen MR) is 124 cm³/mol. The Bertz CT molecular complexity index is 889. The van der Waals surface area contributed by atoms with E-state index in [0.717, 1.165) is 31.2 Å². The zero-order chi connectivity index (χ0) is 22.5. The molecule has 0 aliphatic heterocycles. The molecule has 31 heavy (non-hydrogen) atoms. The summed E-state index contributed by atoms with van der Waals surface area (Å²) < 4.78 is 11.2. The van der Waals surface area contributed by atoms with Gasteiger partial charge in [-0.1, -0.05) is 50.5 Å². The standard InChI is InChI=1S/C23H29N3O4S/c1-3-4-5-8-14-29-20-13-7-6-12-19(20)22(28)24-23(31)26-25-21(27)16-30-18-11-9-10-17(2)15-18/h6-7,9-13,15H,3-5,8,14,16H2,1-2H3,(H,25,27)(H2,24,26,28,31). The number of benzene rings is 2. The van der Waals surface area contributed by atoms with Crippen molar-refractivity contribution < 1.29 is 19.1 Å². The Balaban J connectivity index is 1.76. The van der Waals surface area contributed by atoms with Crippen LogP contribution >= 0.6 is 12.2 Å². The van der Waals surface area contributed by atoms with E-state index in [0.29, 0.717) is 23.7 Å². The normalized spacial score (nSPS) is 10.1. The lowest BCUT2D eigenvalue weighted by Gasteiger charge is -2.14. The number of amides is 2. The van der Waals surface area contributed by atoms with Crippen LogP contribution in [-0.4, -0.2) is 30.1 Å². The second kappa shape index (κ2) is 13.2. The maximum absolute atomic E-state index is 12.5. The van der Waals surface area contributed by atoms with Gasteiger partial charge in [-0.2, -0.15) is 0 Å². The number of rotatable bonds is 10. The molecule has 0 unspecified atom stereocenters. The number of para-hydroxylation sites is 1. The SMILES string of the molecule is CCCCCCOc1ccccc1C(=O)NC(=S)NNC(=O)COc1cccc(C)c1. The lowest BCUT2D eigenvalue weighted by atomic mass is 10.2. The summed E-state index contributed by atoms with van der Waals surface area (Å²) >= 11 is 5.08. The number of carbonyl (C=O) groups excluding carboxylic acids is 2. The molecule has 0 aliphatic rings. The number of ether oxygens (including phenoxy) is 2. The molecule has 8 heteroatoms. The molecule has 0 bridgehead atoms. The molecule has 0 heterocycles. The van der Waals surface area contributed by atoms with Crippen molar-refractivity contribution in [3.63, 3.8) is 0 Å². The largest absolute Gasteiger partial charge is 0.493 e. The first-order valence-electron chi connectivity index (χ1n) is 10.3. The van der Waals surface area contributed by atoms with Crippen molar-refractivity contribution in [3.8, 4) is 11.5 Å². The maximum Gasteiger partial charge on any atom is 0.276 e. The first kappa shape index (κ1) is 24.1. The highest BCUT2D eigenvalue weighted by atomic mass is 32.1. The fourth-order valence-corrected chi connectivity index (χ4v) is 2.85. The van der Waals surface area contributed by atoms with Gasteiger partial charge in [-0.05, 0) is 55.4 Å². The first-order chi connectivity index (χ1) is 15.0. The molecule has 2 aromatic carbocycles. The predicted octanol–water partition coefficient (Wildman–Crippen LogP) is 3.67. The summed E-state index contributed by atoms with van der Waals surface area (Å²) in [7, 11) is 0. The van der Waals surface area contributed by atoms with E-state index >= 15 is 0 Å². The smallest absolute Gasteiger partial charge is 0.276 e. The molecule has 0 atom stereocenters. The van der Waals surface area contributed by atoms with E-state index in [2.05, 4.69) is 23.1 Å². The summed E-state index contributed by atoms with van der Waals surface area (Å²) in [5, 5.41) is 2.49. The van der Waals surface area contributed by atoms with Crippen LogP contribution in [0.3, 0.4) is 0 Å². The van der Waals surface area contributed by atoms with Crippen LogP contribution in [0.2, 0.25) is 0 Å². The molecular formula is C23H29N3O4S. The van der Waals surface area contributed by atoms with Crippen LogP contribution in [0, 0.1) is 6.92 Å². The molecular weight excluding hydrogens is 414 g/mol. The Kier molecular flexibility index (Phi) is 10.3. The minimum absolute atomic E-state index is 0.0355. The summed E-state index contributed by atoms with van der Waals surface area (Å²) in [6, 6.07) is 14.3. The van der Waals surface area contributed by atoms with Gasteiger partial charge in [-0.3, -0.25) is 25.8 Å². The number of hydrogen-bond acceptors (Lipinski definition) is 5. The third-order valence-electron chi connectivity index (χ3n) is 4.29. The van der Waals surface area contributed by atoms with E-state index in [-0.39, 0.29) is 11.7 Å². The Morgan fingerprint density at radius 3 is 2.55 bits per heavy atom. The highest BCUT2D eigenvalue weighted by Crippen LogP contribution is 2.18. The average Bonchev–Trinajstić information content (AvgIpc) is 2.76. The van der Waals surface area contributed by atoms with Gasteiger partial charge < -0.3 is 9.47 Å². The molecule has 0 aliphatic carbocycles. The number of aryl methyl sites for hydroxylation is 1. The third-order valence-corrected chi connectivity index (χ3v) is 4.49. The van der Waals surface area contributed by atoms with Crippen LogP contribution in [0.15, 0.2) is 48.5 Å². The summed E-state index contributed by atoms with van der Waals surface area (Å²) in [5.74, 6) is 0.230. The maximum atomic E-state index is 12.5. The van der Waals surface area contributed by atoms with Crippen LogP contribution in [0.1, 0.15) is 48.5 Å². The highest BCUT2D eigenvalue weighted by molar-refractivity contribution is 7.80. The molecule has 0 spiro atoms. The van der Waals surface area contributed by atoms with Crippen LogP contribution in [0.5, 0.6) is 11.5 Å². The Morgan fingerprint density at radius 2 is 1.77 bits per heavy atom. The van der Waals surface area contributed by atoms with Gasteiger partial charge in [0.15, 0.2) is 11.7 Å². The topological polar surface area (TPSA) is 88.7 Å². The van der Waals surface area contributed by atoms with Gasteiger partial charge in [0, 0.05) is 0 Å². The summed E-state index contributed by atoms with van der Waals surface area (Å²) in [6.07, 6.45) is 4.33. The monoisotopic (exact) mass is 443 g/mol. The molecule has 0 fully saturated rings. The molecule has 0 saturated carbocycles. The van der Waals surface area contributed by atoms with Crippen molar-refractivity contribution in [2.45, 2.75) is 39.5 Å². The van der Waals surface area contributed by atoms with Gasteiger partial charge in [0.2, 0.25) is 0 Å². The van der Waals surface area contributed by atoms with Crippen molar-refractivity contribution in [1.29, 1.82) is 0 Å². The third kappa shape index (κ3) is 9.04. The van der Waals surface area contributed by atoms with E-state index in [1.165, 1.54) is 0 Å². The summed E-state index contributed by atoms with van der Waals surface area (Å²) in [6.45, 7) is 4.44. The Hall–Kier alpha value is -3.13. The Morgan fingerprint density at radius 1 is 0.968 bits per heavy atom. The van der Waals surface area contributed by atoms with E-state index in [4.69, 9.17) is 21.7 Å². The molecule has 166 valence electrons. The van der Waals surface area contributed by atoms with Gasteiger partial charge in [0.1, 0.15) is 11.5 Å². The van der Waals surface area contributed by atoms with E-state index in [1.54, 1.807) is 24.3 Å². The summed E-state index contributed by atoms with van der Waals surface area (Å²) in [4.78, 5) is 24.5. The minimum Gasteiger partial charge on any atom is -0.493 e. The average molecular weight is 444 g/mol. The van der Waals surface area contributed by atoms with E-state index < -0.39 is 11.8 Å². The second-order valence-corrected chi connectivity index (χ2v) is 7.38. The lowest BCUT2D eigenvalue weighted by molar-refractivity contribution is -0.123. The fourth-order valence-electron chi connectivity index (χ4n) is 2.71. The number of carbonyl (C=O) groups is 2. The molecule has 0 saturated heterocycles. The molecule has 7 nitrogen and oxygen atoms in total. The second-order valence-electron chi connectivity index (χ2n) is 6.97. The molecule has 2 aromatic rings. The number of hydrazine groups is 1. The van der Waals surface area contributed by atoms with Crippen molar-refractivity contribution in [2.24, 2.45) is 0 Å². The number of thiocarbonyl (C=S) groups is 1. The number of hydrogen-bond donors (Lipinski definition) is 3. The molecule has 2 amide bonds. The zero-order valence-electron chi connectivity index (χ0n) is 17.9. The van der Waals surface area contributed by atoms with Gasteiger partial charge in [-0.25, -0.2) is 0 Å². The highest BCUT2D eigenvalue weighted by Gasteiger charge is 2.14. The number of nitrogens with one attached hydrogen (secondary N) is 3. The molecule has 2 rings (SSSR count). The van der Waals surface area contributed by atoms with Crippen LogP contribution in [0.4, 0.5) is 0 Å². The van der Waals surface area contributed by atoms with Gasteiger partial charge >= 0.3 is 0 Å². The lowest BCUT2D eigenvalue weighted by Crippen LogP contribution is -2.49. The fraction of sp³-hybridized carbons (Fsp3) is 0.348. The molecule has 3 N–H and O–H groups in total. The van der Waals surface area contributed by atoms with Gasteiger partial charge in [0.05, 0.1) is 12.2 Å². The van der Waals surface area contributed by atoms with Crippen LogP contribution in [-0.2, 0) is 4.79 Å². The van der Waals surface area contributed by atoms with Crippen molar-refractivity contribution in [1.82, 2.24) is 16.2 Å². The van der Waals surface area contributed by atoms with Crippen LogP contribution < -0.4 is 25.6 Å². The zero-order valence-corrected chi connectivity index (χ0v) is 18.7. The van der Waals surface area contributed by atoms with Gasteiger partial charge in [-0.15, -0.1) is 0 Å². The van der Waals surface area contributed by atoms with Crippen molar-refractivity contribution >= 4 is 29.1 Å². The van der Waals surface area contributed by atoms with E-state index in [9.17, 15) is 9.59 Å². The summed E-state index contributed by atoms with van der Waals surface area (Å²) in [5.41, 5.74) is 6.29. The minimum atomic E-state index is -0.436. The Labute approximate surface area is 188 Å². The van der Waals surface area contributed by atoms with Crippen LogP contribution in [0.25, 0.3) is 0 Å². The quantitative estimate of drug-likeness (QED) is 0.295. The molecule has 0 radical (unpaired) electrons. The molecule has 0 aromatic heterocycles. The van der Waals surface area contributed by atoms with E-state index in [1.807, 2.05) is 31.2 Å². The number of unbranched alkanes of at least 4 members (excludes halogenated alkanes) is 3. The van der Waals surface area contributed by atoms with Gasteiger partial charge in [0.25, 0.3) is 11.8 Å².